The van der Waals surface area contributed by atoms with Crippen LogP contribution in [0.2, 0.25) is 0 Å². The molecule has 0 saturated heterocycles. The molecule has 0 radical (unpaired) electrons. The molecule has 4 aromatic rings. The molecule has 1 heterocycles. The Hall–Kier alpha value is -2.96. The average molecular weight is 595 g/mol. The second-order valence-electron chi connectivity index (χ2n) is 8.93. The predicted octanol–water partition coefficient (Wildman–Crippen LogP) is 5.42. The molecule has 0 unspecified atom stereocenters. The van der Waals surface area contributed by atoms with Crippen LogP contribution in [-0.2, 0) is 16.6 Å². The summed E-state index contributed by atoms with van der Waals surface area (Å²) in [4.78, 5) is 21.2. The fraction of sp³-hybridized carbons (Fsp3) is 0.259. The van der Waals surface area contributed by atoms with Crippen molar-refractivity contribution in [3.63, 3.8) is 0 Å². The smallest absolute Gasteiger partial charge is 0.260 e. The van der Waals surface area contributed by atoms with Gasteiger partial charge in [0, 0.05) is 37.8 Å². The first kappa shape index (κ1) is 30.6. The first-order chi connectivity index (χ1) is 18.1. The molecule has 0 atom stereocenters. The number of halogens is 3. The number of nitrogens with zero attached hydrogens (tertiary/aromatic N) is 4. The van der Waals surface area contributed by atoms with Crippen LogP contribution in [0.15, 0.2) is 71.6 Å². The second-order valence-corrected chi connectivity index (χ2v) is 11.9. The molecule has 0 aliphatic carbocycles. The fourth-order valence-electron chi connectivity index (χ4n) is 3.87. The number of carbonyl (C=O) groups is 1. The van der Waals surface area contributed by atoms with E-state index in [9.17, 15) is 22.0 Å². The van der Waals surface area contributed by atoms with Gasteiger partial charge in [-0.1, -0.05) is 48.6 Å². The Bertz CT molecular complexity index is 1530. The van der Waals surface area contributed by atoms with E-state index in [0.717, 1.165) is 23.0 Å². The van der Waals surface area contributed by atoms with E-state index in [2.05, 4.69) is 4.98 Å². The average Bonchev–Trinajstić information content (AvgIpc) is 3.31. The number of anilines is 1. The molecule has 0 aliphatic rings. The maximum absolute atomic E-state index is 14.3. The molecule has 0 N–H and O–H groups in total. The number of fused-ring (bicyclic) bond motifs is 1. The number of benzene rings is 3. The summed E-state index contributed by atoms with van der Waals surface area (Å²) in [7, 11) is -0.0939. The molecule has 0 spiro atoms. The molecule has 0 saturated carbocycles. The van der Waals surface area contributed by atoms with Crippen LogP contribution in [0.4, 0.5) is 13.9 Å². The van der Waals surface area contributed by atoms with Crippen molar-refractivity contribution in [2.45, 2.75) is 18.4 Å². The van der Waals surface area contributed by atoms with Crippen molar-refractivity contribution in [2.75, 3.05) is 38.6 Å². The van der Waals surface area contributed by atoms with Crippen molar-refractivity contribution >= 4 is 55.0 Å². The summed E-state index contributed by atoms with van der Waals surface area (Å²) in [6.45, 7) is 3.03. The number of rotatable bonds is 10. The SMILES string of the molecule is CCN(Cc1ccccc1)S(=O)(=O)c1ccc(C(=O)N(CCN(C)C)c2nc3c(F)cc(F)cc3s2)cc1.Cl. The first-order valence-corrected chi connectivity index (χ1v) is 14.2. The van der Waals surface area contributed by atoms with Crippen LogP contribution >= 0.6 is 23.7 Å². The van der Waals surface area contributed by atoms with Gasteiger partial charge in [0.2, 0.25) is 10.0 Å². The minimum Gasteiger partial charge on any atom is -0.308 e. The van der Waals surface area contributed by atoms with Crippen molar-refractivity contribution in [1.29, 1.82) is 0 Å². The van der Waals surface area contributed by atoms with E-state index >= 15 is 0 Å². The van der Waals surface area contributed by atoms with Gasteiger partial charge >= 0.3 is 0 Å². The Morgan fingerprint density at radius 1 is 0.974 bits per heavy atom. The zero-order chi connectivity index (χ0) is 27.4. The zero-order valence-electron chi connectivity index (χ0n) is 21.7. The Balaban J connectivity index is 0.00000420. The molecule has 0 aliphatic heterocycles. The van der Waals surface area contributed by atoms with Gasteiger partial charge in [-0.3, -0.25) is 9.69 Å². The predicted molar refractivity (Wildman–Crippen MR) is 153 cm³/mol. The van der Waals surface area contributed by atoms with E-state index in [1.165, 1.54) is 39.5 Å². The van der Waals surface area contributed by atoms with Crippen molar-refractivity contribution < 1.29 is 22.0 Å². The normalized spacial score (nSPS) is 11.7. The third-order valence-corrected chi connectivity index (χ3v) is 8.90. The monoisotopic (exact) mass is 594 g/mol. The summed E-state index contributed by atoms with van der Waals surface area (Å²) in [6.07, 6.45) is 0. The maximum Gasteiger partial charge on any atom is 0.260 e. The molecule has 0 bridgehead atoms. The van der Waals surface area contributed by atoms with E-state index < -0.39 is 27.6 Å². The molecular formula is C27H29ClF2N4O3S2. The van der Waals surface area contributed by atoms with Gasteiger partial charge < -0.3 is 4.90 Å². The molecular weight excluding hydrogens is 566 g/mol. The van der Waals surface area contributed by atoms with Gasteiger partial charge in [-0.2, -0.15) is 4.31 Å². The third-order valence-electron chi connectivity index (χ3n) is 5.94. The minimum absolute atomic E-state index is 0. The molecule has 1 aromatic heterocycles. The fourth-order valence-corrected chi connectivity index (χ4v) is 6.34. The van der Waals surface area contributed by atoms with Crippen molar-refractivity contribution in [2.24, 2.45) is 0 Å². The highest BCUT2D eigenvalue weighted by Crippen LogP contribution is 2.32. The number of hydrogen-bond donors (Lipinski definition) is 0. The largest absolute Gasteiger partial charge is 0.308 e. The summed E-state index contributed by atoms with van der Waals surface area (Å²) >= 11 is 1.02. The summed E-state index contributed by atoms with van der Waals surface area (Å²) in [6, 6.07) is 17.0. The summed E-state index contributed by atoms with van der Waals surface area (Å²) in [5.41, 5.74) is 1.11. The van der Waals surface area contributed by atoms with Crippen LogP contribution in [0.3, 0.4) is 0 Å². The van der Waals surface area contributed by atoms with Gasteiger partial charge in [-0.25, -0.2) is 22.2 Å². The topological polar surface area (TPSA) is 73.8 Å². The first-order valence-electron chi connectivity index (χ1n) is 12.0. The van der Waals surface area contributed by atoms with Crippen molar-refractivity contribution in [1.82, 2.24) is 14.2 Å². The molecule has 4 rings (SSSR count). The van der Waals surface area contributed by atoms with Gasteiger partial charge in [-0.15, -0.1) is 12.4 Å². The number of thiazole rings is 1. The van der Waals surface area contributed by atoms with Crippen molar-refractivity contribution in [3.05, 3.63) is 89.5 Å². The van der Waals surface area contributed by atoms with Crippen LogP contribution in [0.5, 0.6) is 0 Å². The number of hydrogen-bond acceptors (Lipinski definition) is 6. The standard InChI is InChI=1S/C27H28F2N4O3S2.ClH/c1-4-32(18-19-8-6-5-7-9-19)38(35,36)22-12-10-20(11-13-22)26(34)33(15-14-31(2)3)27-30-25-23(29)16-21(28)17-24(25)37-27;/h5-13,16-17H,4,14-15,18H2,1-3H3;1H. The highest BCUT2D eigenvalue weighted by Gasteiger charge is 2.26. The van der Waals surface area contributed by atoms with Crippen LogP contribution < -0.4 is 4.90 Å². The number of aromatic nitrogens is 1. The lowest BCUT2D eigenvalue weighted by Gasteiger charge is -2.23. The van der Waals surface area contributed by atoms with Crippen LogP contribution in [0.1, 0.15) is 22.8 Å². The Labute approximate surface area is 237 Å². The van der Waals surface area contributed by atoms with Crippen molar-refractivity contribution in [3.8, 4) is 0 Å². The van der Waals surface area contributed by atoms with E-state index in [4.69, 9.17) is 0 Å². The van der Waals surface area contributed by atoms with E-state index in [1.807, 2.05) is 49.3 Å². The lowest BCUT2D eigenvalue weighted by molar-refractivity contribution is 0.0985. The minimum atomic E-state index is -3.80. The van der Waals surface area contributed by atoms with Gasteiger partial charge in [0.1, 0.15) is 11.3 Å². The maximum atomic E-state index is 14.3. The second kappa shape index (κ2) is 12.9. The quantitative estimate of drug-likeness (QED) is 0.245. The number of carbonyl (C=O) groups excluding carboxylic acids is 1. The van der Waals surface area contributed by atoms with E-state index in [1.54, 1.807) is 6.92 Å². The highest BCUT2D eigenvalue weighted by atomic mass is 35.5. The Morgan fingerprint density at radius 2 is 1.64 bits per heavy atom. The molecule has 3 aromatic carbocycles. The zero-order valence-corrected chi connectivity index (χ0v) is 24.1. The highest BCUT2D eigenvalue weighted by molar-refractivity contribution is 7.89. The molecule has 7 nitrogen and oxygen atoms in total. The van der Waals surface area contributed by atoms with Gasteiger partial charge in [0.25, 0.3) is 5.91 Å². The lowest BCUT2D eigenvalue weighted by atomic mass is 10.2. The number of amides is 1. The van der Waals surface area contributed by atoms with E-state index in [-0.39, 0.29) is 53.1 Å². The third kappa shape index (κ3) is 6.98. The Kier molecular flexibility index (Phi) is 10.1. The van der Waals surface area contributed by atoms with Crippen LogP contribution in [-0.4, -0.2) is 62.2 Å². The lowest BCUT2D eigenvalue weighted by Crippen LogP contribution is -2.36. The number of sulfonamides is 1. The number of likely N-dealkylation sites (N-methyl/N-ethyl adjacent to an activating group) is 1. The summed E-state index contributed by atoms with van der Waals surface area (Å²) in [5.74, 6) is -1.94. The molecule has 12 heteroatoms. The van der Waals surface area contributed by atoms with Crippen LogP contribution in [0.25, 0.3) is 10.2 Å². The van der Waals surface area contributed by atoms with Gasteiger partial charge in [0.05, 0.1) is 9.60 Å². The summed E-state index contributed by atoms with van der Waals surface area (Å²) < 4.78 is 56.3. The van der Waals surface area contributed by atoms with Crippen LogP contribution in [0, 0.1) is 11.6 Å². The van der Waals surface area contributed by atoms with Gasteiger partial charge in [-0.05, 0) is 50.0 Å². The van der Waals surface area contributed by atoms with E-state index in [0.29, 0.717) is 11.2 Å². The summed E-state index contributed by atoms with van der Waals surface area (Å²) in [5, 5.41) is 0.230. The van der Waals surface area contributed by atoms with Gasteiger partial charge in [0.15, 0.2) is 10.9 Å². The molecule has 39 heavy (non-hydrogen) atoms. The molecule has 1 amide bonds. The molecule has 0 fully saturated rings. The Morgan fingerprint density at radius 3 is 2.26 bits per heavy atom. The molecule has 208 valence electrons.